The molecular weight excluding hydrogens is 325 g/mol. The summed E-state index contributed by atoms with van der Waals surface area (Å²) in [7, 11) is 0. The molecule has 4 heteroatoms. The Kier molecular flexibility index (Phi) is 4.79. The van der Waals surface area contributed by atoms with Gasteiger partial charge in [0.2, 0.25) is 0 Å². The minimum absolute atomic E-state index is 0.213. The van der Waals surface area contributed by atoms with Gasteiger partial charge in [0.1, 0.15) is 18.2 Å². The molecule has 0 unspecified atom stereocenters. The number of aryl methyl sites for hydroxylation is 1. The van der Waals surface area contributed by atoms with Crippen LogP contribution in [0.1, 0.15) is 12.5 Å². The van der Waals surface area contributed by atoms with Crippen molar-refractivity contribution in [1.82, 2.24) is 0 Å². The standard InChI is InChI=1S/C21H17F3O/c1-3-11-25-16-8-5-14(6-9-16)17-10-7-15-12-13(4-2)19(22)21(24)18(15)20(17)23/h3,5-10,12H,1,4,11H2,2H3. The first-order valence-corrected chi connectivity index (χ1v) is 8.00. The predicted octanol–water partition coefficient (Wildman–Crippen LogP) is 6.05. The molecule has 25 heavy (non-hydrogen) atoms. The third kappa shape index (κ3) is 3.12. The van der Waals surface area contributed by atoms with Crippen molar-refractivity contribution in [2.24, 2.45) is 0 Å². The Hall–Kier alpha value is -2.75. The van der Waals surface area contributed by atoms with Gasteiger partial charge in [-0.25, -0.2) is 13.2 Å². The van der Waals surface area contributed by atoms with Crippen LogP contribution < -0.4 is 4.74 Å². The van der Waals surface area contributed by atoms with Gasteiger partial charge in [-0.2, -0.15) is 0 Å². The first kappa shape index (κ1) is 17.1. The van der Waals surface area contributed by atoms with Gasteiger partial charge >= 0.3 is 0 Å². The zero-order valence-electron chi connectivity index (χ0n) is 13.8. The van der Waals surface area contributed by atoms with Crippen LogP contribution in [-0.4, -0.2) is 6.61 Å². The lowest BCUT2D eigenvalue weighted by Gasteiger charge is -2.11. The van der Waals surface area contributed by atoms with Crippen molar-refractivity contribution in [1.29, 1.82) is 0 Å². The van der Waals surface area contributed by atoms with E-state index in [-0.39, 0.29) is 16.5 Å². The molecular formula is C21H17F3O. The third-order valence-electron chi connectivity index (χ3n) is 4.11. The average molecular weight is 342 g/mol. The molecule has 0 saturated carbocycles. The molecule has 0 spiro atoms. The van der Waals surface area contributed by atoms with E-state index in [2.05, 4.69) is 6.58 Å². The summed E-state index contributed by atoms with van der Waals surface area (Å²) in [5.74, 6) is -2.27. The summed E-state index contributed by atoms with van der Waals surface area (Å²) in [5.41, 5.74) is 1.01. The zero-order chi connectivity index (χ0) is 18.0. The van der Waals surface area contributed by atoms with E-state index in [9.17, 15) is 13.2 Å². The van der Waals surface area contributed by atoms with E-state index < -0.39 is 17.5 Å². The molecule has 0 atom stereocenters. The largest absolute Gasteiger partial charge is 0.490 e. The van der Waals surface area contributed by atoms with Crippen molar-refractivity contribution < 1.29 is 17.9 Å². The molecule has 3 aromatic rings. The summed E-state index contributed by atoms with van der Waals surface area (Å²) in [5, 5.41) is 0.0297. The van der Waals surface area contributed by atoms with Crippen LogP contribution in [0.25, 0.3) is 21.9 Å². The number of ether oxygens (including phenoxy) is 1. The molecule has 0 aromatic heterocycles. The quantitative estimate of drug-likeness (QED) is 0.513. The van der Waals surface area contributed by atoms with E-state index in [1.807, 2.05) is 0 Å². The Morgan fingerprint density at radius 3 is 2.32 bits per heavy atom. The van der Waals surface area contributed by atoms with Crippen LogP contribution in [0.2, 0.25) is 0 Å². The van der Waals surface area contributed by atoms with Gasteiger partial charge in [0.25, 0.3) is 0 Å². The predicted molar refractivity (Wildman–Crippen MR) is 94.3 cm³/mol. The molecule has 0 aliphatic heterocycles. The first-order valence-electron chi connectivity index (χ1n) is 8.00. The van der Waals surface area contributed by atoms with Crippen molar-refractivity contribution in [3.05, 3.63) is 78.1 Å². The number of benzene rings is 3. The Morgan fingerprint density at radius 1 is 0.960 bits per heavy atom. The summed E-state index contributed by atoms with van der Waals surface area (Å²) in [6.07, 6.45) is 1.97. The van der Waals surface area contributed by atoms with Crippen LogP contribution in [0.15, 0.2) is 55.1 Å². The van der Waals surface area contributed by atoms with Crippen LogP contribution in [0, 0.1) is 17.5 Å². The van der Waals surface area contributed by atoms with Crippen molar-refractivity contribution >= 4 is 10.8 Å². The Morgan fingerprint density at radius 2 is 1.68 bits per heavy atom. The summed E-state index contributed by atoms with van der Waals surface area (Å²) in [6, 6.07) is 11.4. The van der Waals surface area contributed by atoms with Gasteiger partial charge in [-0.1, -0.05) is 43.8 Å². The number of fused-ring (bicyclic) bond motifs is 1. The summed E-state index contributed by atoms with van der Waals surface area (Å²) >= 11 is 0. The van der Waals surface area contributed by atoms with E-state index in [1.165, 1.54) is 6.07 Å². The van der Waals surface area contributed by atoms with Crippen LogP contribution in [0.5, 0.6) is 5.75 Å². The second-order valence-corrected chi connectivity index (χ2v) is 5.67. The summed E-state index contributed by atoms with van der Waals surface area (Å²) in [4.78, 5) is 0. The van der Waals surface area contributed by atoms with Gasteiger partial charge in [0.15, 0.2) is 11.6 Å². The Bertz CT molecular complexity index is 930. The van der Waals surface area contributed by atoms with E-state index in [0.717, 1.165) is 0 Å². The van der Waals surface area contributed by atoms with Gasteiger partial charge in [-0.3, -0.25) is 0 Å². The highest BCUT2D eigenvalue weighted by atomic mass is 19.2. The fourth-order valence-electron chi connectivity index (χ4n) is 2.80. The maximum atomic E-state index is 14.9. The molecule has 3 aromatic carbocycles. The minimum Gasteiger partial charge on any atom is -0.490 e. The van der Waals surface area contributed by atoms with E-state index in [4.69, 9.17) is 4.74 Å². The van der Waals surface area contributed by atoms with E-state index in [1.54, 1.807) is 49.4 Å². The van der Waals surface area contributed by atoms with E-state index >= 15 is 0 Å². The molecule has 3 rings (SSSR count). The number of halogens is 3. The van der Waals surface area contributed by atoms with Crippen LogP contribution in [-0.2, 0) is 6.42 Å². The lowest BCUT2D eigenvalue weighted by molar-refractivity contribution is 0.363. The molecule has 0 bridgehead atoms. The van der Waals surface area contributed by atoms with Crippen molar-refractivity contribution in [2.75, 3.05) is 6.61 Å². The molecule has 0 saturated heterocycles. The van der Waals surface area contributed by atoms with Gasteiger partial charge in [-0.15, -0.1) is 0 Å². The third-order valence-corrected chi connectivity index (χ3v) is 4.11. The normalized spacial score (nSPS) is 10.9. The molecule has 0 N–H and O–H groups in total. The zero-order valence-corrected chi connectivity index (χ0v) is 13.8. The molecule has 0 aliphatic rings. The monoisotopic (exact) mass is 342 g/mol. The van der Waals surface area contributed by atoms with Gasteiger partial charge < -0.3 is 4.74 Å². The fraction of sp³-hybridized carbons (Fsp3) is 0.143. The maximum absolute atomic E-state index is 14.9. The maximum Gasteiger partial charge on any atom is 0.169 e. The van der Waals surface area contributed by atoms with Crippen molar-refractivity contribution in [3.8, 4) is 16.9 Å². The highest BCUT2D eigenvalue weighted by molar-refractivity contribution is 5.89. The van der Waals surface area contributed by atoms with Gasteiger partial charge in [0.05, 0.1) is 5.39 Å². The lowest BCUT2D eigenvalue weighted by atomic mass is 9.97. The van der Waals surface area contributed by atoms with Gasteiger partial charge in [-0.05, 0) is 41.1 Å². The Labute approximate surface area is 144 Å². The molecule has 0 fully saturated rings. The molecule has 0 heterocycles. The average Bonchev–Trinajstić information content (AvgIpc) is 2.63. The first-order chi connectivity index (χ1) is 12.1. The topological polar surface area (TPSA) is 9.23 Å². The van der Waals surface area contributed by atoms with Gasteiger partial charge in [0, 0.05) is 5.56 Å². The van der Waals surface area contributed by atoms with Crippen LogP contribution in [0.4, 0.5) is 13.2 Å². The second-order valence-electron chi connectivity index (χ2n) is 5.67. The molecule has 0 amide bonds. The van der Waals surface area contributed by atoms with Crippen LogP contribution in [0.3, 0.4) is 0 Å². The highest BCUT2D eigenvalue weighted by Gasteiger charge is 2.18. The summed E-state index contributed by atoms with van der Waals surface area (Å²) < 4.78 is 48.7. The molecule has 0 radical (unpaired) electrons. The SMILES string of the molecule is C=CCOc1ccc(-c2ccc3cc(CC)c(F)c(F)c3c2F)cc1. The summed E-state index contributed by atoms with van der Waals surface area (Å²) in [6.45, 7) is 5.66. The second kappa shape index (κ2) is 7.01. The molecule has 1 nitrogen and oxygen atoms in total. The smallest absolute Gasteiger partial charge is 0.169 e. The number of rotatable bonds is 5. The van der Waals surface area contributed by atoms with E-state index in [0.29, 0.717) is 29.7 Å². The minimum atomic E-state index is -1.14. The van der Waals surface area contributed by atoms with Crippen molar-refractivity contribution in [3.63, 3.8) is 0 Å². The molecule has 0 aliphatic carbocycles. The lowest BCUT2D eigenvalue weighted by Crippen LogP contribution is -1.98. The van der Waals surface area contributed by atoms with Crippen molar-refractivity contribution in [2.45, 2.75) is 13.3 Å². The number of hydrogen-bond acceptors (Lipinski definition) is 1. The highest BCUT2D eigenvalue weighted by Crippen LogP contribution is 2.33. The number of hydrogen-bond donors (Lipinski definition) is 0. The molecule has 128 valence electrons. The fourth-order valence-corrected chi connectivity index (χ4v) is 2.80. The van der Waals surface area contributed by atoms with Crippen LogP contribution >= 0.6 is 0 Å². The Balaban J connectivity index is 2.10.